The van der Waals surface area contributed by atoms with Crippen molar-refractivity contribution in [2.24, 2.45) is 0 Å². The molecule has 1 amide bonds. The number of hydrogen-bond acceptors (Lipinski definition) is 8. The van der Waals surface area contributed by atoms with Gasteiger partial charge in [0.2, 0.25) is 5.91 Å². The topological polar surface area (TPSA) is 129 Å². The predicted octanol–water partition coefficient (Wildman–Crippen LogP) is 2.91. The lowest BCUT2D eigenvalue weighted by molar-refractivity contribution is -0.384. The van der Waals surface area contributed by atoms with Crippen molar-refractivity contribution in [2.75, 3.05) is 11.1 Å². The molecular weight excluding hydrogens is 406 g/mol. The zero-order valence-corrected chi connectivity index (χ0v) is 16.3. The Morgan fingerprint density at radius 3 is 2.77 bits per heavy atom. The normalized spacial score (nSPS) is 10.8. The van der Waals surface area contributed by atoms with Crippen molar-refractivity contribution in [1.82, 2.24) is 25.0 Å². The Morgan fingerprint density at radius 1 is 1.13 bits per heavy atom. The Kier molecular flexibility index (Phi) is 5.61. The molecule has 2 aromatic carbocycles. The lowest BCUT2D eigenvalue weighted by atomic mass is 10.2. The van der Waals surface area contributed by atoms with E-state index < -0.39 is 4.92 Å². The number of thioether (sulfide) groups is 1. The molecule has 0 saturated carbocycles. The quantitative estimate of drug-likeness (QED) is 0.209. The summed E-state index contributed by atoms with van der Waals surface area (Å²) in [5, 5.41) is 22.4. The number of nitrogens with zero attached hydrogens (tertiary/aromatic N) is 6. The number of carbonyl (C=O) groups is 1. The number of rotatable bonds is 7. The first-order valence-electron chi connectivity index (χ1n) is 8.85. The van der Waals surface area contributed by atoms with Crippen LogP contribution in [0.2, 0.25) is 0 Å². The third kappa shape index (κ3) is 4.41. The van der Waals surface area contributed by atoms with Crippen LogP contribution in [0.5, 0.6) is 0 Å². The van der Waals surface area contributed by atoms with Gasteiger partial charge in [-0.05, 0) is 11.6 Å². The highest BCUT2D eigenvalue weighted by Crippen LogP contribution is 2.23. The van der Waals surface area contributed by atoms with Crippen LogP contribution < -0.4 is 5.32 Å². The van der Waals surface area contributed by atoms with Gasteiger partial charge in [-0.3, -0.25) is 14.9 Å². The number of carbonyl (C=O) groups excluding carboxylic acids is 1. The molecular formula is C19H15N7O3S. The van der Waals surface area contributed by atoms with Gasteiger partial charge in [-0.1, -0.05) is 53.4 Å². The molecule has 1 N–H and O–H groups in total. The number of aromatic nitrogens is 5. The SMILES string of the molecule is O=C(CSc1ncnc2c1nnn2Cc1ccccc1)Nc1cccc([N+](=O)[O-])c1. The molecule has 2 heterocycles. The summed E-state index contributed by atoms with van der Waals surface area (Å²) in [4.78, 5) is 31.1. The van der Waals surface area contributed by atoms with Gasteiger partial charge >= 0.3 is 0 Å². The monoisotopic (exact) mass is 421 g/mol. The van der Waals surface area contributed by atoms with E-state index in [1.54, 1.807) is 10.7 Å². The Bertz CT molecular complexity index is 1210. The van der Waals surface area contributed by atoms with E-state index >= 15 is 0 Å². The summed E-state index contributed by atoms with van der Waals surface area (Å²) in [6.07, 6.45) is 1.41. The van der Waals surface area contributed by atoms with Crippen LogP contribution in [0.3, 0.4) is 0 Å². The Morgan fingerprint density at radius 2 is 1.97 bits per heavy atom. The second-order valence-corrected chi connectivity index (χ2v) is 7.19. The molecule has 150 valence electrons. The summed E-state index contributed by atoms with van der Waals surface area (Å²) in [5.41, 5.74) is 2.43. The molecule has 4 rings (SSSR count). The van der Waals surface area contributed by atoms with Crippen LogP contribution in [0.25, 0.3) is 11.2 Å². The highest BCUT2D eigenvalue weighted by atomic mass is 32.2. The van der Waals surface area contributed by atoms with Crippen LogP contribution in [0.1, 0.15) is 5.56 Å². The van der Waals surface area contributed by atoms with E-state index in [1.807, 2.05) is 30.3 Å². The van der Waals surface area contributed by atoms with Crippen molar-refractivity contribution in [3.8, 4) is 0 Å². The number of nitrogens with one attached hydrogen (secondary N) is 1. The van der Waals surface area contributed by atoms with Crippen LogP contribution in [0.4, 0.5) is 11.4 Å². The molecule has 0 bridgehead atoms. The van der Waals surface area contributed by atoms with E-state index in [0.29, 0.717) is 28.4 Å². The number of amides is 1. The maximum Gasteiger partial charge on any atom is 0.271 e. The summed E-state index contributed by atoms with van der Waals surface area (Å²) in [5.74, 6) is -0.260. The van der Waals surface area contributed by atoms with E-state index in [4.69, 9.17) is 0 Å². The Balaban J connectivity index is 1.44. The highest BCUT2D eigenvalue weighted by molar-refractivity contribution is 8.00. The zero-order chi connectivity index (χ0) is 20.9. The van der Waals surface area contributed by atoms with Gasteiger partial charge in [-0.25, -0.2) is 14.6 Å². The standard InChI is InChI=1S/C19H15N7O3S/c27-16(22-14-7-4-8-15(9-14)26(28)29)11-30-19-17-18(20-12-21-19)25(24-23-17)10-13-5-2-1-3-6-13/h1-9,12H,10-11H2,(H,22,27). The minimum Gasteiger partial charge on any atom is -0.325 e. The molecule has 2 aromatic heterocycles. The molecule has 0 fully saturated rings. The van der Waals surface area contributed by atoms with Gasteiger partial charge in [-0.2, -0.15) is 0 Å². The van der Waals surface area contributed by atoms with Gasteiger partial charge in [0.05, 0.1) is 17.2 Å². The number of nitro groups is 1. The number of non-ortho nitro benzene ring substituents is 1. The highest BCUT2D eigenvalue weighted by Gasteiger charge is 2.14. The van der Waals surface area contributed by atoms with Crippen molar-refractivity contribution in [3.63, 3.8) is 0 Å². The molecule has 30 heavy (non-hydrogen) atoms. The first-order valence-corrected chi connectivity index (χ1v) is 9.84. The Hall–Kier alpha value is -3.86. The molecule has 0 aliphatic rings. The fourth-order valence-corrected chi connectivity index (χ4v) is 3.50. The minimum atomic E-state index is -0.513. The lowest BCUT2D eigenvalue weighted by Gasteiger charge is -2.05. The van der Waals surface area contributed by atoms with Gasteiger partial charge in [-0.15, -0.1) is 5.10 Å². The fourth-order valence-electron chi connectivity index (χ4n) is 2.77. The summed E-state index contributed by atoms with van der Waals surface area (Å²) in [6.45, 7) is 0.520. The Labute approximate surface area is 174 Å². The van der Waals surface area contributed by atoms with Crippen LogP contribution >= 0.6 is 11.8 Å². The first kappa shape index (κ1) is 19.5. The lowest BCUT2D eigenvalue weighted by Crippen LogP contribution is -2.14. The summed E-state index contributed by atoms with van der Waals surface area (Å²) < 4.78 is 1.68. The third-order valence-electron chi connectivity index (χ3n) is 4.12. The van der Waals surface area contributed by atoms with Crippen LogP contribution in [-0.4, -0.2) is 41.5 Å². The zero-order valence-electron chi connectivity index (χ0n) is 15.5. The minimum absolute atomic E-state index is 0.0559. The fraction of sp³-hybridized carbons (Fsp3) is 0.105. The van der Waals surface area contributed by atoms with Gasteiger partial charge in [0.25, 0.3) is 5.69 Å². The maximum absolute atomic E-state index is 12.3. The number of hydrogen-bond donors (Lipinski definition) is 1. The number of anilines is 1. The number of nitro benzene ring substituents is 1. The summed E-state index contributed by atoms with van der Waals surface area (Å²) in [7, 11) is 0. The molecule has 11 heteroatoms. The molecule has 0 aliphatic carbocycles. The summed E-state index contributed by atoms with van der Waals surface area (Å²) >= 11 is 1.19. The molecule has 4 aromatic rings. The molecule has 0 saturated heterocycles. The van der Waals surface area contributed by atoms with Crippen molar-refractivity contribution in [3.05, 3.63) is 76.6 Å². The predicted molar refractivity (Wildman–Crippen MR) is 111 cm³/mol. The second-order valence-electron chi connectivity index (χ2n) is 6.23. The smallest absolute Gasteiger partial charge is 0.271 e. The van der Waals surface area contributed by atoms with Crippen LogP contribution in [0, 0.1) is 10.1 Å². The molecule has 0 aliphatic heterocycles. The van der Waals surface area contributed by atoms with Gasteiger partial charge in [0, 0.05) is 17.8 Å². The van der Waals surface area contributed by atoms with Crippen LogP contribution in [-0.2, 0) is 11.3 Å². The van der Waals surface area contributed by atoms with E-state index in [-0.39, 0.29) is 17.3 Å². The van der Waals surface area contributed by atoms with Crippen molar-refractivity contribution >= 4 is 40.2 Å². The number of fused-ring (bicyclic) bond motifs is 1. The molecule has 0 unspecified atom stereocenters. The van der Waals surface area contributed by atoms with E-state index in [0.717, 1.165) is 5.56 Å². The van der Waals surface area contributed by atoms with E-state index in [1.165, 1.54) is 36.3 Å². The molecule has 0 atom stereocenters. The average molecular weight is 421 g/mol. The van der Waals surface area contributed by atoms with Gasteiger partial charge in [0.15, 0.2) is 11.2 Å². The molecule has 10 nitrogen and oxygen atoms in total. The van der Waals surface area contributed by atoms with Crippen molar-refractivity contribution in [2.45, 2.75) is 11.6 Å². The largest absolute Gasteiger partial charge is 0.325 e. The van der Waals surface area contributed by atoms with Crippen molar-refractivity contribution in [1.29, 1.82) is 0 Å². The van der Waals surface area contributed by atoms with E-state index in [9.17, 15) is 14.9 Å². The van der Waals surface area contributed by atoms with Gasteiger partial charge < -0.3 is 5.32 Å². The average Bonchev–Trinajstić information content (AvgIpc) is 3.16. The molecule has 0 spiro atoms. The maximum atomic E-state index is 12.3. The number of benzene rings is 2. The third-order valence-corrected chi connectivity index (χ3v) is 5.10. The second kappa shape index (κ2) is 8.66. The van der Waals surface area contributed by atoms with Crippen LogP contribution in [0.15, 0.2) is 66.0 Å². The van der Waals surface area contributed by atoms with Gasteiger partial charge in [0.1, 0.15) is 11.4 Å². The summed E-state index contributed by atoms with van der Waals surface area (Å²) in [6, 6.07) is 15.6. The van der Waals surface area contributed by atoms with Crippen molar-refractivity contribution < 1.29 is 9.72 Å². The van der Waals surface area contributed by atoms with E-state index in [2.05, 4.69) is 25.6 Å². The molecule has 0 radical (unpaired) electrons. The first-order chi connectivity index (χ1) is 14.6.